The second-order valence-electron chi connectivity index (χ2n) is 6.40. The Morgan fingerprint density at radius 1 is 1.33 bits per heavy atom. The number of nitrogens with two attached hydrogens (primary N) is 1. The first kappa shape index (κ1) is 13.5. The van der Waals surface area contributed by atoms with E-state index in [4.69, 9.17) is 10.3 Å². The van der Waals surface area contributed by atoms with Crippen LogP contribution in [-0.2, 0) is 6.42 Å². The zero-order valence-corrected chi connectivity index (χ0v) is 11.6. The Labute approximate surface area is 109 Å². The highest BCUT2D eigenvalue weighted by Crippen LogP contribution is 2.20. The molecule has 2 heterocycles. The first-order valence-electron chi connectivity index (χ1n) is 6.74. The molecule has 2 N–H and O–H groups in total. The third-order valence-electron chi connectivity index (χ3n) is 3.15. The molecule has 1 aliphatic heterocycles. The third kappa shape index (κ3) is 3.78. The van der Waals surface area contributed by atoms with Crippen molar-refractivity contribution >= 4 is 0 Å². The molecular weight excluding hydrogens is 228 g/mol. The van der Waals surface area contributed by atoms with Gasteiger partial charge in [-0.25, -0.2) is 0 Å². The molecule has 0 aromatic carbocycles. The van der Waals surface area contributed by atoms with Gasteiger partial charge in [-0.3, -0.25) is 0 Å². The SMILES string of the molecule is CC(C)(C)Cc1nc(C(N)CN2CCCC2)no1. The maximum atomic E-state index is 6.13. The molecular formula is C13H24N4O. The molecule has 0 aliphatic carbocycles. The summed E-state index contributed by atoms with van der Waals surface area (Å²) in [5.41, 5.74) is 6.28. The van der Waals surface area contributed by atoms with E-state index in [1.54, 1.807) is 0 Å². The molecule has 0 amide bonds. The smallest absolute Gasteiger partial charge is 0.227 e. The Morgan fingerprint density at radius 3 is 2.61 bits per heavy atom. The van der Waals surface area contributed by atoms with Crippen LogP contribution in [0.5, 0.6) is 0 Å². The molecule has 1 aromatic rings. The van der Waals surface area contributed by atoms with Crippen LogP contribution in [-0.4, -0.2) is 34.7 Å². The van der Waals surface area contributed by atoms with Crippen molar-refractivity contribution in [2.75, 3.05) is 19.6 Å². The van der Waals surface area contributed by atoms with E-state index >= 15 is 0 Å². The summed E-state index contributed by atoms with van der Waals surface area (Å²) in [5.74, 6) is 1.33. The summed E-state index contributed by atoms with van der Waals surface area (Å²) in [4.78, 5) is 6.77. The standard InChI is InChI=1S/C13H24N4O/c1-13(2,3)8-11-15-12(16-18-11)10(14)9-17-6-4-5-7-17/h10H,4-9,14H2,1-3H3. The fourth-order valence-corrected chi connectivity index (χ4v) is 2.27. The molecule has 0 spiro atoms. The second-order valence-corrected chi connectivity index (χ2v) is 6.40. The van der Waals surface area contributed by atoms with E-state index in [0.29, 0.717) is 11.7 Å². The van der Waals surface area contributed by atoms with Crippen LogP contribution in [0, 0.1) is 5.41 Å². The number of nitrogens with zero attached hydrogens (tertiary/aromatic N) is 3. The van der Waals surface area contributed by atoms with E-state index in [1.807, 2.05) is 0 Å². The monoisotopic (exact) mass is 252 g/mol. The molecule has 0 radical (unpaired) electrons. The summed E-state index contributed by atoms with van der Waals surface area (Å²) >= 11 is 0. The highest BCUT2D eigenvalue weighted by Gasteiger charge is 2.22. The van der Waals surface area contributed by atoms with Crippen LogP contribution >= 0.6 is 0 Å². The van der Waals surface area contributed by atoms with Crippen molar-refractivity contribution in [2.24, 2.45) is 11.1 Å². The minimum atomic E-state index is -0.138. The van der Waals surface area contributed by atoms with Gasteiger partial charge in [0.05, 0.1) is 6.04 Å². The van der Waals surface area contributed by atoms with E-state index in [-0.39, 0.29) is 11.5 Å². The third-order valence-corrected chi connectivity index (χ3v) is 3.15. The predicted molar refractivity (Wildman–Crippen MR) is 70.1 cm³/mol. The lowest BCUT2D eigenvalue weighted by molar-refractivity contribution is 0.297. The number of hydrogen-bond acceptors (Lipinski definition) is 5. The molecule has 1 atom stereocenters. The van der Waals surface area contributed by atoms with Crippen LogP contribution in [0.15, 0.2) is 4.52 Å². The Balaban J connectivity index is 1.92. The predicted octanol–water partition coefficient (Wildman–Crippen LogP) is 1.75. The van der Waals surface area contributed by atoms with Crippen LogP contribution in [0.2, 0.25) is 0 Å². The topological polar surface area (TPSA) is 68.2 Å². The zero-order valence-electron chi connectivity index (χ0n) is 11.6. The van der Waals surface area contributed by atoms with Crippen LogP contribution < -0.4 is 5.73 Å². The van der Waals surface area contributed by atoms with E-state index in [0.717, 1.165) is 26.1 Å². The van der Waals surface area contributed by atoms with Crippen molar-refractivity contribution < 1.29 is 4.52 Å². The lowest BCUT2D eigenvalue weighted by atomic mass is 9.92. The van der Waals surface area contributed by atoms with Crippen molar-refractivity contribution in [3.63, 3.8) is 0 Å². The molecule has 1 fully saturated rings. The molecule has 0 saturated carbocycles. The van der Waals surface area contributed by atoms with Gasteiger partial charge in [0.2, 0.25) is 5.89 Å². The Hall–Kier alpha value is -0.940. The number of hydrogen-bond donors (Lipinski definition) is 1. The number of aromatic nitrogens is 2. The molecule has 18 heavy (non-hydrogen) atoms. The van der Waals surface area contributed by atoms with E-state index < -0.39 is 0 Å². The second kappa shape index (κ2) is 5.36. The summed E-state index contributed by atoms with van der Waals surface area (Å²) in [7, 11) is 0. The zero-order chi connectivity index (χ0) is 13.2. The minimum absolute atomic E-state index is 0.138. The van der Waals surface area contributed by atoms with Gasteiger partial charge in [0, 0.05) is 13.0 Å². The van der Waals surface area contributed by atoms with Gasteiger partial charge in [0.1, 0.15) is 0 Å². The summed E-state index contributed by atoms with van der Waals surface area (Å²) in [5, 5.41) is 4.00. The van der Waals surface area contributed by atoms with E-state index in [9.17, 15) is 0 Å². The molecule has 5 nitrogen and oxygen atoms in total. The van der Waals surface area contributed by atoms with E-state index in [1.165, 1.54) is 12.8 Å². The summed E-state index contributed by atoms with van der Waals surface area (Å²) in [6.07, 6.45) is 3.33. The summed E-state index contributed by atoms with van der Waals surface area (Å²) in [6, 6.07) is -0.138. The Kier molecular flexibility index (Phi) is 4.02. The van der Waals surface area contributed by atoms with Crippen LogP contribution in [0.4, 0.5) is 0 Å². The van der Waals surface area contributed by atoms with Crippen LogP contribution in [0.25, 0.3) is 0 Å². The maximum absolute atomic E-state index is 6.13. The average Bonchev–Trinajstić information content (AvgIpc) is 2.86. The summed E-state index contributed by atoms with van der Waals surface area (Å²) < 4.78 is 5.27. The highest BCUT2D eigenvalue weighted by molar-refractivity contribution is 4.96. The molecule has 102 valence electrons. The van der Waals surface area contributed by atoms with Crippen molar-refractivity contribution in [2.45, 2.75) is 46.1 Å². The van der Waals surface area contributed by atoms with Gasteiger partial charge in [0.25, 0.3) is 0 Å². The highest BCUT2D eigenvalue weighted by atomic mass is 16.5. The van der Waals surface area contributed by atoms with Gasteiger partial charge in [-0.1, -0.05) is 25.9 Å². The van der Waals surface area contributed by atoms with Gasteiger partial charge in [-0.2, -0.15) is 4.98 Å². The van der Waals surface area contributed by atoms with Gasteiger partial charge in [-0.05, 0) is 31.3 Å². The van der Waals surface area contributed by atoms with Crippen molar-refractivity contribution in [3.05, 3.63) is 11.7 Å². The number of likely N-dealkylation sites (tertiary alicyclic amines) is 1. The minimum Gasteiger partial charge on any atom is -0.339 e. The van der Waals surface area contributed by atoms with Crippen molar-refractivity contribution in [3.8, 4) is 0 Å². The van der Waals surface area contributed by atoms with Crippen molar-refractivity contribution in [1.29, 1.82) is 0 Å². The lowest BCUT2D eigenvalue weighted by Crippen LogP contribution is -2.30. The van der Waals surface area contributed by atoms with Gasteiger partial charge in [0.15, 0.2) is 5.82 Å². The quantitative estimate of drug-likeness (QED) is 0.884. The van der Waals surface area contributed by atoms with Gasteiger partial charge >= 0.3 is 0 Å². The molecule has 1 saturated heterocycles. The van der Waals surface area contributed by atoms with Crippen LogP contribution in [0.1, 0.15) is 51.4 Å². The van der Waals surface area contributed by atoms with Gasteiger partial charge in [-0.15, -0.1) is 0 Å². The molecule has 1 aromatic heterocycles. The Morgan fingerprint density at radius 2 is 2.00 bits per heavy atom. The summed E-state index contributed by atoms with van der Waals surface area (Å²) in [6.45, 7) is 9.57. The molecule has 1 aliphatic rings. The number of rotatable bonds is 4. The van der Waals surface area contributed by atoms with E-state index in [2.05, 4.69) is 35.8 Å². The Bertz CT molecular complexity index is 377. The lowest BCUT2D eigenvalue weighted by Gasteiger charge is -2.17. The van der Waals surface area contributed by atoms with Crippen molar-refractivity contribution in [1.82, 2.24) is 15.0 Å². The molecule has 2 rings (SSSR count). The fraction of sp³-hybridized carbons (Fsp3) is 0.846. The van der Waals surface area contributed by atoms with Gasteiger partial charge < -0.3 is 15.2 Å². The molecule has 0 bridgehead atoms. The fourth-order valence-electron chi connectivity index (χ4n) is 2.27. The molecule has 1 unspecified atom stereocenters. The maximum Gasteiger partial charge on any atom is 0.227 e. The first-order chi connectivity index (χ1) is 8.44. The van der Waals surface area contributed by atoms with Crippen LogP contribution in [0.3, 0.4) is 0 Å². The molecule has 5 heteroatoms. The average molecular weight is 252 g/mol. The largest absolute Gasteiger partial charge is 0.339 e. The normalized spacial score (nSPS) is 19.3. The first-order valence-corrected chi connectivity index (χ1v) is 6.74.